The van der Waals surface area contributed by atoms with E-state index >= 15 is 0 Å². The molecule has 0 atom stereocenters. The van der Waals surface area contributed by atoms with Crippen LogP contribution in [0.2, 0.25) is 0 Å². The van der Waals surface area contributed by atoms with E-state index in [1.165, 1.54) is 48.5 Å². The number of methoxy groups -OCH3 is 2. The average Bonchev–Trinajstić information content (AvgIpc) is 0.744. The zero-order chi connectivity index (χ0) is 96.3. The predicted octanol–water partition coefficient (Wildman–Crippen LogP) is 15.4. The SMILES string of the molecule is CC(C)(C)OC(=O)NN.CC(C)CCBr.CCOC(=O)/C(=N\N(CCC(C)C)C(=O)OC(C)(C)C)c1ccccc1.CCOC(=O)C(=NNC(=O)OC(C)(C)C)c1ccccc1.CCOC(=O)C(=O)c1ccccc1.CCOC(=O)CC1=NS(=O)(=O)c2cc(OC)ccc2N1.COc1ccc2c(c1)S(=O)(=O)N=C(c1c(O)c(-c3ccccc3)nn(CCC(C)C)c1=O)N2. The van der Waals surface area contributed by atoms with Crippen molar-refractivity contribution in [3.05, 3.63) is 190 Å². The summed E-state index contributed by atoms with van der Waals surface area (Å²) in [5.41, 5.74) is 4.35. The van der Waals surface area contributed by atoms with Crippen molar-refractivity contribution in [3.63, 3.8) is 0 Å². The minimum Gasteiger partial charge on any atom is -0.505 e. The minimum atomic E-state index is -4.16. The molecule has 3 amide bonds. The number of anilines is 2. The van der Waals surface area contributed by atoms with Gasteiger partial charge in [0.25, 0.3) is 31.4 Å². The fourth-order valence-corrected chi connectivity index (χ4v) is 13.3. The number of esters is 4. The molecule has 1 aromatic heterocycles. The van der Waals surface area contributed by atoms with Gasteiger partial charge in [0.15, 0.2) is 23.0 Å². The van der Waals surface area contributed by atoms with Crippen LogP contribution in [0, 0.1) is 17.8 Å². The van der Waals surface area contributed by atoms with Crippen molar-refractivity contribution in [3.8, 4) is 28.5 Å². The topological polar surface area (TPSA) is 470 Å². The lowest BCUT2D eigenvalue weighted by Crippen LogP contribution is -2.36. The molecule has 9 rings (SSSR count). The summed E-state index contributed by atoms with van der Waals surface area (Å²) in [6.45, 7) is 36.8. The number of ether oxygens (including phenoxy) is 9. The molecule has 0 saturated heterocycles. The van der Waals surface area contributed by atoms with Gasteiger partial charge >= 0.3 is 42.2 Å². The highest BCUT2D eigenvalue weighted by Crippen LogP contribution is 2.36. The number of carbonyl (C=O) groups excluding carboxylic acids is 8. The van der Waals surface area contributed by atoms with Crippen LogP contribution in [-0.2, 0) is 78.9 Å². The summed E-state index contributed by atoms with van der Waals surface area (Å²) in [4.78, 5) is 106. The molecule has 2 aliphatic rings. The Morgan fingerprint density at radius 1 is 0.547 bits per heavy atom. The first-order chi connectivity index (χ1) is 60.1. The fraction of sp³-hybridized carbons (Fsp3) is 0.422. The van der Waals surface area contributed by atoms with E-state index in [9.17, 15) is 65.1 Å². The molecule has 698 valence electrons. The zero-order valence-corrected chi connectivity index (χ0v) is 79.6. The summed E-state index contributed by atoms with van der Waals surface area (Å²) in [5, 5.41) is 31.6. The molecular weight excluding hydrogens is 1760 g/mol. The summed E-state index contributed by atoms with van der Waals surface area (Å²) in [6, 6.07) is 43.9. The normalized spacial score (nSPS) is 12.7. The molecule has 38 heteroatoms. The van der Waals surface area contributed by atoms with E-state index in [0.717, 1.165) is 17.7 Å². The number of aromatic hydroxyl groups is 1. The van der Waals surface area contributed by atoms with Gasteiger partial charge in [-0.15, -0.1) is 8.80 Å². The number of alkyl halides is 1. The average molecular weight is 1880 g/mol. The summed E-state index contributed by atoms with van der Waals surface area (Å²) >= 11 is 3.35. The fourth-order valence-electron chi connectivity index (χ4n) is 10.1. The minimum absolute atomic E-state index is 0.0170. The van der Waals surface area contributed by atoms with Gasteiger partial charge in [-0.2, -0.15) is 37.1 Å². The number of hydrogen-bond acceptors (Lipinski definition) is 29. The molecule has 3 heterocycles. The number of ketones is 1. The van der Waals surface area contributed by atoms with E-state index in [1.54, 1.807) is 211 Å². The van der Waals surface area contributed by atoms with Crippen LogP contribution in [0.15, 0.2) is 191 Å². The van der Waals surface area contributed by atoms with Crippen LogP contribution >= 0.6 is 15.9 Å². The number of rotatable bonds is 26. The number of nitrogens with one attached hydrogen (secondary N) is 4. The Kier molecular flexibility index (Phi) is 46.2. The van der Waals surface area contributed by atoms with Crippen molar-refractivity contribution >= 4 is 118 Å². The third-order valence-corrected chi connectivity index (χ3v) is 19.1. The first-order valence-electron chi connectivity index (χ1n) is 40.9. The summed E-state index contributed by atoms with van der Waals surface area (Å²) in [6.07, 6.45) is 0.539. The molecule has 0 radical (unpaired) electrons. The van der Waals surface area contributed by atoms with Crippen molar-refractivity contribution in [2.24, 2.45) is 42.6 Å². The van der Waals surface area contributed by atoms with E-state index in [0.29, 0.717) is 70.8 Å². The van der Waals surface area contributed by atoms with Gasteiger partial charge in [0.1, 0.15) is 61.6 Å². The Hall–Kier alpha value is -12.4. The molecule has 35 nitrogen and oxygen atoms in total. The van der Waals surface area contributed by atoms with Crippen molar-refractivity contribution in [2.45, 2.75) is 190 Å². The number of hydrazine groups is 1. The molecule has 6 aromatic carbocycles. The number of amidine groups is 2. The number of carbonyl (C=O) groups is 8. The lowest BCUT2D eigenvalue weighted by molar-refractivity contribution is -0.141. The molecule has 128 heavy (non-hydrogen) atoms. The van der Waals surface area contributed by atoms with Crippen LogP contribution in [0.1, 0.15) is 184 Å². The maximum absolute atomic E-state index is 13.3. The number of benzene rings is 6. The molecule has 0 aliphatic carbocycles. The summed E-state index contributed by atoms with van der Waals surface area (Å²) < 4.78 is 103. The Morgan fingerprint density at radius 3 is 1.41 bits per heavy atom. The zero-order valence-electron chi connectivity index (χ0n) is 76.4. The lowest BCUT2D eigenvalue weighted by Gasteiger charge is -2.25. The Morgan fingerprint density at radius 2 is 0.977 bits per heavy atom. The number of fused-ring (bicyclic) bond motifs is 2. The second-order valence-electron chi connectivity index (χ2n) is 31.4. The van der Waals surface area contributed by atoms with Crippen molar-refractivity contribution < 1.29 is 103 Å². The lowest BCUT2D eigenvalue weighted by atomic mass is 10.1. The maximum atomic E-state index is 13.3. The molecular formula is C90H121BrN12O23S2. The van der Waals surface area contributed by atoms with Crippen molar-refractivity contribution in [2.75, 3.05) is 63.2 Å². The molecule has 2 aliphatic heterocycles. The number of aromatic nitrogens is 2. The van der Waals surface area contributed by atoms with Gasteiger partial charge in [0.05, 0.1) is 52.0 Å². The van der Waals surface area contributed by atoms with E-state index in [1.807, 2.05) is 37.5 Å². The third kappa shape index (κ3) is 39.6. The van der Waals surface area contributed by atoms with Gasteiger partial charge in [0.2, 0.25) is 0 Å². The van der Waals surface area contributed by atoms with E-state index < -0.39 is 96.1 Å². The number of amides is 3. The molecule has 7 N–H and O–H groups in total. The van der Waals surface area contributed by atoms with Gasteiger partial charge < -0.3 is 58.4 Å². The van der Waals surface area contributed by atoms with E-state index in [2.05, 4.69) is 88.5 Å². The van der Waals surface area contributed by atoms with Gasteiger partial charge in [-0.05, 0) is 151 Å². The highest BCUT2D eigenvalue weighted by molar-refractivity contribution is 9.09. The monoisotopic (exact) mass is 1880 g/mol. The highest BCUT2D eigenvalue weighted by Gasteiger charge is 2.33. The Labute approximate surface area is 757 Å². The van der Waals surface area contributed by atoms with Gasteiger partial charge in [-0.1, -0.05) is 179 Å². The van der Waals surface area contributed by atoms with E-state index in [4.69, 9.17) is 43.7 Å². The first kappa shape index (κ1) is 110. The van der Waals surface area contributed by atoms with Crippen LogP contribution in [-0.4, -0.2) is 177 Å². The van der Waals surface area contributed by atoms with Gasteiger partial charge in [0, 0.05) is 52.8 Å². The largest absolute Gasteiger partial charge is 0.505 e. The predicted molar refractivity (Wildman–Crippen MR) is 493 cm³/mol. The van der Waals surface area contributed by atoms with Gasteiger partial charge in [-0.25, -0.2) is 44.7 Å². The molecule has 0 spiro atoms. The molecule has 0 bridgehead atoms. The number of aryl methyl sites for hydroxylation is 1. The quantitative estimate of drug-likeness (QED) is 0.00337. The molecule has 0 saturated carbocycles. The van der Waals surface area contributed by atoms with Crippen LogP contribution < -0.4 is 42.4 Å². The second-order valence-corrected chi connectivity index (χ2v) is 35.4. The van der Waals surface area contributed by atoms with E-state index in [-0.39, 0.29) is 82.7 Å². The number of hydrogen-bond donors (Lipinski definition) is 6. The number of nitrogens with two attached hydrogens (primary N) is 1. The highest BCUT2D eigenvalue weighted by atomic mass is 79.9. The number of hydrazone groups is 2. The number of Topliss-reactive ketones (excluding diaryl/α,β-unsaturated/α-hetero) is 1. The summed E-state index contributed by atoms with van der Waals surface area (Å²) in [7, 11) is -5.13. The van der Waals surface area contributed by atoms with Crippen molar-refractivity contribution in [1.82, 2.24) is 25.6 Å². The van der Waals surface area contributed by atoms with Crippen LogP contribution in [0.4, 0.5) is 25.8 Å². The van der Waals surface area contributed by atoms with Crippen LogP contribution in [0.3, 0.4) is 0 Å². The smallest absolute Gasteiger partial charge is 0.430 e. The molecule has 0 fully saturated rings. The second kappa shape index (κ2) is 53.9. The number of sulfonamides is 2. The molecule has 7 aromatic rings. The first-order valence-corrected chi connectivity index (χ1v) is 44.9. The molecule has 0 unspecified atom stereocenters. The maximum Gasteiger partial charge on any atom is 0.430 e. The van der Waals surface area contributed by atoms with Crippen LogP contribution in [0.5, 0.6) is 17.2 Å². The standard InChI is InChI=1S/C23H24N4O5S.C20H30N2O4.C15H20N2O4.C12H14N2O5S.C10H10O3.C5H11Br.C5H12N2O2/c1-14(2)11-12-27-23(29)19(21(28)20(25-27)15-7-5-4-6-8-15)22-24-17-10-9-16(32-3)13-18(17)33(30,31)26-22;1-7-25-18(23)17(16-11-9-8-10-12-16)21-22(14-13-15(2)3)19(24)26-20(4,5)6;1-5-20-13(18)12(11-9-7-6-8-10-11)16-17-14(19)21-15(2,3)4;1-3-19-12(15)7-11-13-9-5-4-8(18-2)6-10(9)20(16,17)14-11;1-2-13-10(12)9(11)8-6-4-3-5-7-8;1-5(2)3-4-6;1-5(2,3)9-4(8)7-6/h4-10,13-14,28H,11-12H2,1-3H3,(H,24,26);8-12,15H,7,13-14H2,1-6H3;6-10H,5H2,1-4H3,(H,17,19);4-6H,3,7H2,1-2H3,(H,13,14);3-7H,2H2,1H3;5H,3-4H2,1-2H3;6H2,1-3H3,(H,7,8)/b;21-17-;;;;;. The van der Waals surface area contributed by atoms with Crippen molar-refractivity contribution in [1.29, 1.82) is 0 Å². The van der Waals surface area contributed by atoms with Crippen LogP contribution in [0.25, 0.3) is 11.3 Å². The third-order valence-electron chi connectivity index (χ3n) is 16.0. The van der Waals surface area contributed by atoms with Gasteiger partial charge in [-0.3, -0.25) is 19.8 Å². The number of halogens is 1. The number of nitrogens with zero attached hydrogens (tertiary/aromatic N) is 7. The Bertz CT molecular complexity index is 5230. The Balaban J connectivity index is 0.000000405. The summed E-state index contributed by atoms with van der Waals surface area (Å²) in [5.74, 6) is 3.29.